The summed E-state index contributed by atoms with van der Waals surface area (Å²) in [5, 5.41) is 0. The second-order valence-electron chi connectivity index (χ2n) is 7.91. The molecule has 0 saturated carbocycles. The van der Waals surface area contributed by atoms with Crippen molar-refractivity contribution in [2.45, 2.75) is 52.8 Å². The summed E-state index contributed by atoms with van der Waals surface area (Å²) < 4.78 is 51.8. The van der Waals surface area contributed by atoms with Crippen molar-refractivity contribution in [3.63, 3.8) is 0 Å². The zero-order chi connectivity index (χ0) is 22.7. The Kier molecular flexibility index (Phi) is 6.95. The topological polar surface area (TPSA) is 87.3 Å². The summed E-state index contributed by atoms with van der Waals surface area (Å²) in [5.74, 6) is 0.204. The number of ether oxygens (including phenoxy) is 2. The van der Waals surface area contributed by atoms with Crippen molar-refractivity contribution in [1.82, 2.24) is 9.97 Å². The predicted molar refractivity (Wildman–Crippen MR) is 106 cm³/mol. The van der Waals surface area contributed by atoms with Crippen LogP contribution in [-0.2, 0) is 10.9 Å². The first-order chi connectivity index (χ1) is 13.8. The molecule has 0 radical (unpaired) electrons. The lowest BCUT2D eigenvalue weighted by Gasteiger charge is -2.30. The van der Waals surface area contributed by atoms with Crippen LogP contribution in [0.4, 0.5) is 18.0 Å². The molecule has 0 fully saturated rings. The molecule has 0 aliphatic rings. The Bertz CT molecular complexity index is 896. The van der Waals surface area contributed by atoms with Gasteiger partial charge in [-0.15, -0.1) is 0 Å². The normalized spacial score (nSPS) is 13.8. The molecule has 1 amide bonds. The van der Waals surface area contributed by atoms with Crippen molar-refractivity contribution < 1.29 is 27.4 Å². The van der Waals surface area contributed by atoms with Crippen molar-refractivity contribution in [3.05, 3.63) is 41.3 Å². The molecule has 0 aliphatic carbocycles. The Balaban J connectivity index is 2.39. The Morgan fingerprint density at radius 3 is 2.37 bits per heavy atom. The number of aromatic nitrogens is 2. The zero-order valence-corrected chi connectivity index (χ0v) is 17.6. The van der Waals surface area contributed by atoms with Crippen LogP contribution in [0.25, 0.3) is 11.3 Å². The van der Waals surface area contributed by atoms with Crippen LogP contribution in [0.1, 0.15) is 44.3 Å². The van der Waals surface area contributed by atoms with E-state index in [1.165, 1.54) is 12.1 Å². The van der Waals surface area contributed by atoms with Crippen LogP contribution >= 0.6 is 0 Å². The number of aryl methyl sites for hydroxylation is 2. The lowest BCUT2D eigenvalue weighted by Crippen LogP contribution is -2.41. The smallest absolute Gasteiger partial charge is 0.419 e. The van der Waals surface area contributed by atoms with Crippen molar-refractivity contribution in [3.8, 4) is 17.0 Å². The summed E-state index contributed by atoms with van der Waals surface area (Å²) >= 11 is 0. The highest BCUT2D eigenvalue weighted by molar-refractivity contribution is 5.65. The van der Waals surface area contributed by atoms with Crippen molar-refractivity contribution in [1.29, 1.82) is 0 Å². The molecule has 6 nitrogen and oxygen atoms in total. The molecule has 2 rings (SSSR count). The van der Waals surface area contributed by atoms with Gasteiger partial charge in [-0.25, -0.2) is 14.8 Å². The van der Waals surface area contributed by atoms with Gasteiger partial charge in [0.15, 0.2) is 0 Å². The molecule has 1 aromatic carbocycles. The maximum atomic E-state index is 13.7. The van der Waals surface area contributed by atoms with E-state index in [1.807, 2.05) is 13.8 Å². The van der Waals surface area contributed by atoms with Crippen LogP contribution < -0.4 is 10.5 Å². The highest BCUT2D eigenvalue weighted by Crippen LogP contribution is 2.39. The lowest BCUT2D eigenvalue weighted by molar-refractivity contribution is -0.139. The highest BCUT2D eigenvalue weighted by Gasteiger charge is 2.36. The van der Waals surface area contributed by atoms with E-state index >= 15 is 0 Å². The van der Waals surface area contributed by atoms with Crippen molar-refractivity contribution in [2.75, 3.05) is 6.61 Å². The average Bonchev–Trinajstić information content (AvgIpc) is 2.56. The number of amides is 1. The first-order valence-electron chi connectivity index (χ1n) is 9.44. The van der Waals surface area contributed by atoms with E-state index in [9.17, 15) is 18.0 Å². The van der Waals surface area contributed by atoms with Gasteiger partial charge in [0.05, 0.1) is 11.3 Å². The fourth-order valence-electron chi connectivity index (χ4n) is 3.37. The van der Waals surface area contributed by atoms with Crippen LogP contribution in [0.5, 0.6) is 5.75 Å². The largest absolute Gasteiger partial charge is 0.489 e. The van der Waals surface area contributed by atoms with Gasteiger partial charge < -0.3 is 15.2 Å². The Labute approximate surface area is 173 Å². The fraction of sp³-hybridized carbons (Fsp3) is 0.476. The minimum absolute atomic E-state index is 0.103. The quantitative estimate of drug-likeness (QED) is 0.670. The van der Waals surface area contributed by atoms with Crippen LogP contribution in [0.15, 0.2) is 24.3 Å². The lowest BCUT2D eigenvalue weighted by atomic mass is 9.95. The number of benzene rings is 1. The van der Waals surface area contributed by atoms with E-state index in [-0.39, 0.29) is 18.3 Å². The predicted octanol–water partition coefficient (Wildman–Crippen LogP) is 5.06. The van der Waals surface area contributed by atoms with E-state index < -0.39 is 23.4 Å². The number of hydrogen-bond acceptors (Lipinski definition) is 5. The molecular weight excluding hydrogens is 399 g/mol. The third-order valence-electron chi connectivity index (χ3n) is 4.27. The van der Waals surface area contributed by atoms with E-state index in [4.69, 9.17) is 15.2 Å². The molecular formula is C21H26F3N3O3. The summed E-state index contributed by atoms with van der Waals surface area (Å²) in [6.07, 6.45) is -5.29. The Hall–Kier alpha value is -2.84. The molecule has 2 aromatic rings. The second kappa shape index (κ2) is 8.89. The number of halogens is 3. The summed E-state index contributed by atoms with van der Waals surface area (Å²) in [6, 6.07) is 5.35. The number of rotatable bonds is 7. The average molecular weight is 425 g/mol. The van der Waals surface area contributed by atoms with Crippen molar-refractivity contribution >= 4 is 6.09 Å². The highest BCUT2D eigenvalue weighted by atomic mass is 19.4. The molecule has 0 bridgehead atoms. The molecule has 0 aliphatic heterocycles. The molecule has 0 spiro atoms. The maximum absolute atomic E-state index is 13.7. The van der Waals surface area contributed by atoms with Gasteiger partial charge in [0, 0.05) is 11.3 Å². The van der Waals surface area contributed by atoms with Gasteiger partial charge in [-0.1, -0.05) is 13.8 Å². The molecule has 2 N–H and O–H groups in total. The number of nitrogens with two attached hydrogens (primary N) is 1. The molecule has 30 heavy (non-hydrogen) atoms. The van der Waals surface area contributed by atoms with E-state index in [2.05, 4.69) is 9.97 Å². The van der Waals surface area contributed by atoms with Crippen molar-refractivity contribution in [2.24, 2.45) is 11.7 Å². The first kappa shape index (κ1) is 23.4. The number of alkyl halides is 3. The molecule has 0 saturated heterocycles. The maximum Gasteiger partial charge on any atom is 0.419 e. The van der Waals surface area contributed by atoms with E-state index in [0.29, 0.717) is 29.2 Å². The summed E-state index contributed by atoms with van der Waals surface area (Å²) in [6.45, 7) is 8.50. The van der Waals surface area contributed by atoms with Crippen LogP contribution in [-0.4, -0.2) is 28.3 Å². The van der Waals surface area contributed by atoms with Gasteiger partial charge in [-0.2, -0.15) is 13.2 Å². The molecule has 9 heteroatoms. The third kappa shape index (κ3) is 6.33. The molecule has 1 atom stereocenters. The second-order valence-corrected chi connectivity index (χ2v) is 7.91. The van der Waals surface area contributed by atoms with Gasteiger partial charge >= 0.3 is 12.3 Å². The minimum atomic E-state index is -4.65. The summed E-state index contributed by atoms with van der Waals surface area (Å²) in [5.41, 5.74) is 4.35. The Morgan fingerprint density at radius 1 is 1.17 bits per heavy atom. The summed E-state index contributed by atoms with van der Waals surface area (Å²) in [4.78, 5) is 19.6. The number of carbonyl (C=O) groups excluding carboxylic acids is 1. The number of nitrogens with zero attached hydrogens (tertiary/aromatic N) is 2. The van der Waals surface area contributed by atoms with Gasteiger partial charge in [0.2, 0.25) is 0 Å². The molecule has 164 valence electrons. The zero-order valence-electron chi connectivity index (χ0n) is 17.6. The van der Waals surface area contributed by atoms with E-state index in [0.717, 1.165) is 6.07 Å². The summed E-state index contributed by atoms with van der Waals surface area (Å²) in [7, 11) is 0. The fourth-order valence-corrected chi connectivity index (χ4v) is 3.37. The molecule has 1 heterocycles. The standard InChI is InChI=1S/C21H26F3N3O3/c1-12(2)10-20(5,30-19(25)28)11-29-18-7-6-15(9-16(18)21(22,23)24)17-8-13(3)26-14(4)27-17/h6-9,12H,10-11H2,1-5H3,(H2,25,28). The SMILES string of the molecule is Cc1cc(-c2ccc(OCC(C)(CC(C)C)OC(N)=O)c(C(F)(F)F)c2)nc(C)n1. The van der Waals surface area contributed by atoms with Gasteiger partial charge in [-0.05, 0) is 57.4 Å². The van der Waals surface area contributed by atoms with Gasteiger partial charge in [0.25, 0.3) is 0 Å². The van der Waals surface area contributed by atoms with Crippen LogP contribution in [0, 0.1) is 19.8 Å². The molecule has 1 aromatic heterocycles. The third-order valence-corrected chi connectivity index (χ3v) is 4.27. The number of primary amides is 1. The molecule has 1 unspecified atom stereocenters. The van der Waals surface area contributed by atoms with Gasteiger partial charge in [0.1, 0.15) is 23.8 Å². The first-order valence-corrected chi connectivity index (χ1v) is 9.44. The van der Waals surface area contributed by atoms with Crippen LogP contribution in [0.3, 0.4) is 0 Å². The van der Waals surface area contributed by atoms with E-state index in [1.54, 1.807) is 26.8 Å². The monoisotopic (exact) mass is 425 g/mol. The number of carbonyl (C=O) groups is 1. The minimum Gasteiger partial charge on any atom is -0.489 e. The van der Waals surface area contributed by atoms with Gasteiger partial charge in [-0.3, -0.25) is 0 Å². The number of hydrogen-bond donors (Lipinski definition) is 1. The van der Waals surface area contributed by atoms with Crippen LogP contribution in [0.2, 0.25) is 0 Å². The Morgan fingerprint density at radius 2 is 1.83 bits per heavy atom.